The Balaban J connectivity index is 2.51. The van der Waals surface area contributed by atoms with E-state index in [4.69, 9.17) is 9.47 Å². The highest BCUT2D eigenvalue weighted by molar-refractivity contribution is 5.90. The zero-order chi connectivity index (χ0) is 12.7. The van der Waals surface area contributed by atoms with Crippen molar-refractivity contribution in [3.63, 3.8) is 0 Å². The molecule has 4 heteroatoms. The predicted octanol–water partition coefficient (Wildman–Crippen LogP) is 1.96. The van der Waals surface area contributed by atoms with Gasteiger partial charge in [-0.2, -0.15) is 0 Å². The molecule has 0 saturated carbocycles. The van der Waals surface area contributed by atoms with Crippen LogP contribution in [0, 0.1) is 0 Å². The number of hydrogen-bond donors (Lipinski definition) is 0. The maximum absolute atomic E-state index is 12.2. The molecule has 1 aliphatic heterocycles. The summed E-state index contributed by atoms with van der Waals surface area (Å²) in [6, 6.07) is 5.36. The highest BCUT2D eigenvalue weighted by atomic mass is 16.5. The molecule has 0 N–H and O–H groups in total. The zero-order valence-corrected chi connectivity index (χ0v) is 10.5. The van der Waals surface area contributed by atoms with E-state index in [9.17, 15) is 4.79 Å². The van der Waals surface area contributed by atoms with E-state index in [2.05, 4.69) is 4.57 Å². The molecule has 1 aromatic heterocycles. The average Bonchev–Trinajstić information content (AvgIpc) is 2.85. The van der Waals surface area contributed by atoms with Crippen LogP contribution in [-0.2, 0) is 13.0 Å². The lowest BCUT2D eigenvalue weighted by molar-refractivity contribution is 0.408. The van der Waals surface area contributed by atoms with E-state index in [1.54, 1.807) is 26.4 Å². The summed E-state index contributed by atoms with van der Waals surface area (Å²) in [5.74, 6) is 1.34. The van der Waals surface area contributed by atoms with Crippen molar-refractivity contribution in [2.24, 2.45) is 0 Å². The monoisotopic (exact) mass is 245 g/mol. The van der Waals surface area contributed by atoms with Gasteiger partial charge >= 0.3 is 0 Å². The van der Waals surface area contributed by atoms with Crippen LogP contribution in [0.25, 0.3) is 10.9 Å². The van der Waals surface area contributed by atoms with Crippen molar-refractivity contribution in [2.75, 3.05) is 14.2 Å². The molecule has 2 aromatic rings. The molecule has 0 amide bonds. The number of nitrogens with zero attached hydrogens (tertiary/aromatic N) is 1. The highest BCUT2D eigenvalue weighted by Crippen LogP contribution is 2.33. The zero-order valence-electron chi connectivity index (χ0n) is 10.5. The van der Waals surface area contributed by atoms with Crippen LogP contribution in [0.2, 0.25) is 0 Å². The Morgan fingerprint density at radius 3 is 2.61 bits per heavy atom. The van der Waals surface area contributed by atoms with E-state index in [-0.39, 0.29) is 5.43 Å². The lowest BCUT2D eigenvalue weighted by Crippen LogP contribution is -2.11. The Kier molecular flexibility index (Phi) is 2.51. The molecule has 0 bridgehead atoms. The Hall–Kier alpha value is -1.97. The second kappa shape index (κ2) is 4.05. The van der Waals surface area contributed by atoms with Crippen molar-refractivity contribution < 1.29 is 9.47 Å². The molecule has 18 heavy (non-hydrogen) atoms. The van der Waals surface area contributed by atoms with Gasteiger partial charge in [0.1, 0.15) is 11.5 Å². The first kappa shape index (κ1) is 11.1. The number of fused-ring (bicyclic) bond motifs is 3. The van der Waals surface area contributed by atoms with Crippen molar-refractivity contribution in [2.45, 2.75) is 19.4 Å². The maximum Gasteiger partial charge on any atom is 0.193 e. The summed E-state index contributed by atoms with van der Waals surface area (Å²) in [4.78, 5) is 12.2. The van der Waals surface area contributed by atoms with Crippen molar-refractivity contribution in [1.82, 2.24) is 4.57 Å². The van der Waals surface area contributed by atoms with Crippen LogP contribution in [0.3, 0.4) is 0 Å². The maximum atomic E-state index is 12.2. The number of aromatic nitrogens is 1. The van der Waals surface area contributed by atoms with Gasteiger partial charge in [0.05, 0.1) is 25.1 Å². The normalized spacial score (nSPS) is 13.7. The van der Waals surface area contributed by atoms with Gasteiger partial charge in [-0.05, 0) is 25.0 Å². The van der Waals surface area contributed by atoms with Crippen LogP contribution >= 0.6 is 0 Å². The molecule has 0 saturated heterocycles. The van der Waals surface area contributed by atoms with Crippen molar-refractivity contribution in [1.29, 1.82) is 0 Å². The molecular weight excluding hydrogens is 230 g/mol. The van der Waals surface area contributed by atoms with Gasteiger partial charge in [0.25, 0.3) is 0 Å². The fourth-order valence-corrected chi connectivity index (χ4v) is 2.72. The summed E-state index contributed by atoms with van der Waals surface area (Å²) in [5, 5.41) is 0.613. The van der Waals surface area contributed by atoms with Gasteiger partial charge in [-0.15, -0.1) is 0 Å². The van der Waals surface area contributed by atoms with Crippen LogP contribution in [-0.4, -0.2) is 18.8 Å². The number of pyridine rings is 1. The van der Waals surface area contributed by atoms with Crippen molar-refractivity contribution >= 4 is 10.9 Å². The smallest absolute Gasteiger partial charge is 0.193 e. The molecule has 1 aromatic carbocycles. The van der Waals surface area contributed by atoms with Gasteiger partial charge in [-0.25, -0.2) is 0 Å². The Morgan fingerprint density at radius 1 is 1.17 bits per heavy atom. The standard InChI is InChI=1S/C14H15NO3/c1-17-11-5-6-12(18-2)14-13(11)10(16)8-9-4-3-7-15(9)14/h5-6,8H,3-4,7H2,1-2H3. The van der Waals surface area contributed by atoms with Crippen LogP contribution in [0.1, 0.15) is 12.1 Å². The summed E-state index contributed by atoms with van der Waals surface area (Å²) < 4.78 is 12.9. The summed E-state index contributed by atoms with van der Waals surface area (Å²) in [5.41, 5.74) is 1.95. The summed E-state index contributed by atoms with van der Waals surface area (Å²) in [7, 11) is 3.21. The first-order chi connectivity index (χ1) is 8.76. The lowest BCUT2D eigenvalue weighted by atomic mass is 10.1. The summed E-state index contributed by atoms with van der Waals surface area (Å²) in [6.45, 7) is 0.926. The molecule has 94 valence electrons. The van der Waals surface area contributed by atoms with Gasteiger partial charge in [-0.3, -0.25) is 4.79 Å². The summed E-state index contributed by atoms with van der Waals surface area (Å²) >= 11 is 0. The van der Waals surface area contributed by atoms with Gasteiger partial charge < -0.3 is 14.0 Å². The third kappa shape index (κ3) is 1.41. The highest BCUT2D eigenvalue weighted by Gasteiger charge is 2.19. The molecule has 3 rings (SSSR count). The second-order valence-corrected chi connectivity index (χ2v) is 4.45. The van der Waals surface area contributed by atoms with Gasteiger partial charge in [-0.1, -0.05) is 0 Å². The van der Waals surface area contributed by atoms with E-state index in [1.807, 2.05) is 6.07 Å². The minimum atomic E-state index is 0.00824. The quantitative estimate of drug-likeness (QED) is 0.812. The fraction of sp³-hybridized carbons (Fsp3) is 0.357. The van der Waals surface area contributed by atoms with E-state index >= 15 is 0 Å². The van der Waals surface area contributed by atoms with Crippen LogP contribution in [0.5, 0.6) is 11.5 Å². The number of hydrogen-bond acceptors (Lipinski definition) is 3. The van der Waals surface area contributed by atoms with E-state index in [1.165, 1.54) is 0 Å². The molecule has 1 aliphatic rings. The van der Waals surface area contributed by atoms with Crippen molar-refractivity contribution in [3.8, 4) is 11.5 Å². The number of aryl methyl sites for hydroxylation is 2. The molecule has 0 radical (unpaired) electrons. The Labute approximate surface area is 105 Å². The largest absolute Gasteiger partial charge is 0.496 e. The first-order valence-electron chi connectivity index (χ1n) is 6.03. The third-order valence-electron chi connectivity index (χ3n) is 3.52. The molecule has 0 spiro atoms. The first-order valence-corrected chi connectivity index (χ1v) is 6.03. The average molecular weight is 245 g/mol. The van der Waals surface area contributed by atoms with Crippen LogP contribution in [0.4, 0.5) is 0 Å². The van der Waals surface area contributed by atoms with E-state index in [0.29, 0.717) is 11.1 Å². The molecule has 4 nitrogen and oxygen atoms in total. The van der Waals surface area contributed by atoms with E-state index in [0.717, 1.165) is 36.3 Å². The minimum absolute atomic E-state index is 0.00824. The third-order valence-corrected chi connectivity index (χ3v) is 3.52. The predicted molar refractivity (Wildman–Crippen MR) is 69.6 cm³/mol. The minimum Gasteiger partial charge on any atom is -0.496 e. The SMILES string of the molecule is COc1ccc(OC)c2c1c(=O)cc1n2CCC1. The fourth-order valence-electron chi connectivity index (χ4n) is 2.72. The lowest BCUT2D eigenvalue weighted by Gasteiger charge is -2.14. The van der Waals surface area contributed by atoms with Crippen molar-refractivity contribution in [3.05, 3.63) is 34.1 Å². The second-order valence-electron chi connectivity index (χ2n) is 4.45. The molecule has 2 heterocycles. The molecular formula is C14H15NO3. The number of ether oxygens (including phenoxy) is 2. The summed E-state index contributed by atoms with van der Waals surface area (Å²) in [6.07, 6.45) is 2.02. The number of rotatable bonds is 2. The van der Waals surface area contributed by atoms with Crippen LogP contribution < -0.4 is 14.9 Å². The van der Waals surface area contributed by atoms with Gasteiger partial charge in [0, 0.05) is 18.3 Å². The van der Waals surface area contributed by atoms with Crippen LogP contribution in [0.15, 0.2) is 23.0 Å². The Morgan fingerprint density at radius 2 is 1.89 bits per heavy atom. The number of methoxy groups -OCH3 is 2. The molecule has 0 atom stereocenters. The number of benzene rings is 1. The topological polar surface area (TPSA) is 40.5 Å². The van der Waals surface area contributed by atoms with E-state index < -0.39 is 0 Å². The Bertz CT molecular complexity index is 673. The molecule has 0 fully saturated rings. The molecule has 0 unspecified atom stereocenters. The van der Waals surface area contributed by atoms with Gasteiger partial charge in [0.15, 0.2) is 5.43 Å². The van der Waals surface area contributed by atoms with Gasteiger partial charge in [0.2, 0.25) is 0 Å². The molecule has 0 aliphatic carbocycles.